The van der Waals surface area contributed by atoms with Crippen LogP contribution < -0.4 is 10.1 Å². The summed E-state index contributed by atoms with van der Waals surface area (Å²) in [7, 11) is 0. The predicted octanol–water partition coefficient (Wildman–Crippen LogP) is 2.15. The zero-order valence-corrected chi connectivity index (χ0v) is 13.7. The number of nitro groups is 1. The molecule has 1 atom stereocenters. The third-order valence-electron chi connectivity index (χ3n) is 4.39. The van der Waals surface area contributed by atoms with E-state index >= 15 is 0 Å². The summed E-state index contributed by atoms with van der Waals surface area (Å²) >= 11 is 0. The second kappa shape index (κ2) is 8.03. The maximum atomic E-state index is 12.5. The number of nitrogens with zero attached hydrogens (tertiary/aromatic N) is 2. The fraction of sp³-hybridized carbons (Fsp3) is 0.625. The van der Waals surface area contributed by atoms with Crippen molar-refractivity contribution >= 4 is 5.69 Å². The van der Waals surface area contributed by atoms with Crippen molar-refractivity contribution in [2.75, 3.05) is 26.2 Å². The second-order valence-corrected chi connectivity index (χ2v) is 6.28. The molecule has 1 aromatic carbocycles. The number of nitrogens with one attached hydrogen (secondary N) is 1. The minimum atomic E-state index is -2.98. The van der Waals surface area contributed by atoms with E-state index in [1.165, 1.54) is 25.0 Å². The first-order valence-corrected chi connectivity index (χ1v) is 8.31. The number of hydrogen-bond acceptors (Lipinski definition) is 6. The van der Waals surface area contributed by atoms with E-state index in [9.17, 15) is 18.9 Å². The molecule has 0 bridgehead atoms. The van der Waals surface area contributed by atoms with E-state index in [2.05, 4.69) is 15.0 Å². The van der Waals surface area contributed by atoms with Crippen molar-refractivity contribution in [2.45, 2.75) is 38.1 Å². The molecule has 25 heavy (non-hydrogen) atoms. The van der Waals surface area contributed by atoms with E-state index in [4.69, 9.17) is 4.74 Å². The van der Waals surface area contributed by atoms with Gasteiger partial charge >= 0.3 is 6.61 Å². The van der Waals surface area contributed by atoms with Gasteiger partial charge in [-0.25, -0.2) is 0 Å². The molecular weight excluding hydrogens is 336 g/mol. The molecule has 1 saturated heterocycles. The highest BCUT2D eigenvalue weighted by Crippen LogP contribution is 2.28. The lowest BCUT2D eigenvalue weighted by molar-refractivity contribution is -0.385. The molecule has 1 aliphatic heterocycles. The zero-order chi connectivity index (χ0) is 17.8. The average molecular weight is 357 g/mol. The molecule has 1 heterocycles. The van der Waals surface area contributed by atoms with Crippen LogP contribution in [0.25, 0.3) is 0 Å². The molecule has 0 spiro atoms. The van der Waals surface area contributed by atoms with Gasteiger partial charge < -0.3 is 14.8 Å². The first-order chi connectivity index (χ1) is 12.0. The van der Waals surface area contributed by atoms with Crippen molar-refractivity contribution in [3.8, 4) is 5.75 Å². The van der Waals surface area contributed by atoms with Crippen molar-refractivity contribution in [3.63, 3.8) is 0 Å². The molecule has 7 nitrogen and oxygen atoms in total. The number of non-ortho nitro benzene ring substituents is 1. The number of nitro benzene ring substituents is 1. The van der Waals surface area contributed by atoms with Gasteiger partial charge in [-0.15, -0.1) is 0 Å². The third-order valence-corrected chi connectivity index (χ3v) is 4.39. The Balaban J connectivity index is 1.57. The Bertz CT molecular complexity index is 613. The number of alkyl halides is 2. The largest absolute Gasteiger partial charge is 0.434 e. The van der Waals surface area contributed by atoms with Crippen LogP contribution in [-0.4, -0.2) is 54.8 Å². The van der Waals surface area contributed by atoms with Gasteiger partial charge in [-0.2, -0.15) is 8.78 Å². The molecule has 0 radical (unpaired) electrons. The molecule has 138 valence electrons. The highest BCUT2D eigenvalue weighted by atomic mass is 19.3. The third kappa shape index (κ3) is 5.07. The molecule has 1 aromatic rings. The average Bonchev–Trinajstić information content (AvgIpc) is 3.41. The van der Waals surface area contributed by atoms with Crippen LogP contribution in [0.1, 0.15) is 18.4 Å². The fourth-order valence-electron chi connectivity index (χ4n) is 3.03. The normalized spacial score (nSPS) is 21.5. The standard InChI is InChI=1S/C16H21F2N3O4/c17-16(18)25-15-4-3-13(21(22)23)7-11(15)8-19-9-14-10-20(5-6-24-14)12-1-2-12/h3-4,7,12,14,16,19H,1-2,5-6,8-10H2. The predicted molar refractivity (Wildman–Crippen MR) is 85.8 cm³/mol. The summed E-state index contributed by atoms with van der Waals surface area (Å²) < 4.78 is 35.2. The lowest BCUT2D eigenvalue weighted by Gasteiger charge is -2.33. The summed E-state index contributed by atoms with van der Waals surface area (Å²) in [6, 6.07) is 4.28. The van der Waals surface area contributed by atoms with Crippen LogP contribution in [0.2, 0.25) is 0 Å². The summed E-state index contributed by atoms with van der Waals surface area (Å²) in [5, 5.41) is 14.0. The van der Waals surface area contributed by atoms with Crippen LogP contribution in [0, 0.1) is 10.1 Å². The summed E-state index contributed by atoms with van der Waals surface area (Å²) in [6.07, 6.45) is 2.50. The Morgan fingerprint density at radius 3 is 2.92 bits per heavy atom. The molecule has 3 rings (SSSR count). The first-order valence-electron chi connectivity index (χ1n) is 8.31. The number of morpholine rings is 1. The number of halogens is 2. The number of ether oxygens (including phenoxy) is 2. The van der Waals surface area contributed by atoms with Crippen LogP contribution in [0.15, 0.2) is 18.2 Å². The molecule has 0 amide bonds. The van der Waals surface area contributed by atoms with Gasteiger partial charge in [0, 0.05) is 49.9 Å². The van der Waals surface area contributed by atoms with Crippen LogP contribution in [-0.2, 0) is 11.3 Å². The van der Waals surface area contributed by atoms with Crippen LogP contribution in [0.5, 0.6) is 5.75 Å². The Morgan fingerprint density at radius 1 is 1.44 bits per heavy atom. The quantitative estimate of drug-likeness (QED) is 0.567. The highest BCUT2D eigenvalue weighted by molar-refractivity contribution is 5.43. The summed E-state index contributed by atoms with van der Waals surface area (Å²) in [5.41, 5.74) is 0.164. The van der Waals surface area contributed by atoms with Crippen LogP contribution in [0.4, 0.5) is 14.5 Å². The fourth-order valence-corrected chi connectivity index (χ4v) is 3.03. The monoisotopic (exact) mass is 357 g/mol. The molecule has 1 aliphatic carbocycles. The Hall–Kier alpha value is -1.84. The van der Waals surface area contributed by atoms with Gasteiger partial charge in [-0.05, 0) is 18.9 Å². The van der Waals surface area contributed by atoms with Gasteiger partial charge in [0.05, 0.1) is 17.6 Å². The summed E-state index contributed by atoms with van der Waals surface area (Å²) in [6.45, 7) is 0.215. The second-order valence-electron chi connectivity index (χ2n) is 6.28. The van der Waals surface area contributed by atoms with Crippen LogP contribution >= 0.6 is 0 Å². The van der Waals surface area contributed by atoms with E-state index in [1.54, 1.807) is 0 Å². The van der Waals surface area contributed by atoms with Gasteiger partial charge in [0.2, 0.25) is 0 Å². The Labute approximate surface area is 144 Å². The number of benzene rings is 1. The number of hydrogen-bond donors (Lipinski definition) is 1. The number of rotatable bonds is 8. The highest BCUT2D eigenvalue weighted by Gasteiger charge is 2.32. The van der Waals surface area contributed by atoms with Crippen molar-refractivity contribution in [1.29, 1.82) is 0 Å². The van der Waals surface area contributed by atoms with E-state index in [0.717, 1.165) is 19.2 Å². The van der Waals surface area contributed by atoms with E-state index in [1.807, 2.05) is 0 Å². The molecule has 2 aliphatic rings. The maximum Gasteiger partial charge on any atom is 0.387 e. The molecule has 9 heteroatoms. The maximum absolute atomic E-state index is 12.5. The van der Waals surface area contributed by atoms with Crippen molar-refractivity contribution < 1.29 is 23.2 Å². The van der Waals surface area contributed by atoms with E-state index in [0.29, 0.717) is 24.8 Å². The molecule has 1 unspecified atom stereocenters. The van der Waals surface area contributed by atoms with Gasteiger partial charge in [0.15, 0.2) is 0 Å². The van der Waals surface area contributed by atoms with E-state index < -0.39 is 11.5 Å². The Kier molecular flexibility index (Phi) is 5.77. The smallest absolute Gasteiger partial charge is 0.387 e. The molecule has 1 N–H and O–H groups in total. The lowest BCUT2D eigenvalue weighted by atomic mass is 10.1. The molecule has 1 saturated carbocycles. The molecule has 2 fully saturated rings. The van der Waals surface area contributed by atoms with Gasteiger partial charge in [0.1, 0.15) is 5.75 Å². The van der Waals surface area contributed by atoms with Crippen molar-refractivity contribution in [3.05, 3.63) is 33.9 Å². The van der Waals surface area contributed by atoms with Gasteiger partial charge in [0.25, 0.3) is 5.69 Å². The van der Waals surface area contributed by atoms with Crippen molar-refractivity contribution in [1.82, 2.24) is 10.2 Å². The minimum Gasteiger partial charge on any atom is -0.434 e. The minimum absolute atomic E-state index is 0.0208. The SMILES string of the molecule is O=[N+]([O-])c1ccc(OC(F)F)c(CNCC2CN(C3CC3)CCO2)c1. The van der Waals surface area contributed by atoms with Gasteiger partial charge in [-0.1, -0.05) is 0 Å². The van der Waals surface area contributed by atoms with E-state index in [-0.39, 0.29) is 24.1 Å². The topological polar surface area (TPSA) is 76.9 Å². The Morgan fingerprint density at radius 2 is 2.24 bits per heavy atom. The molecular formula is C16H21F2N3O4. The first kappa shape index (κ1) is 18.0. The lowest BCUT2D eigenvalue weighted by Crippen LogP contribution is -2.47. The molecule has 0 aromatic heterocycles. The summed E-state index contributed by atoms with van der Waals surface area (Å²) in [4.78, 5) is 12.7. The summed E-state index contributed by atoms with van der Waals surface area (Å²) in [5.74, 6) is -0.0581. The van der Waals surface area contributed by atoms with Crippen LogP contribution in [0.3, 0.4) is 0 Å². The van der Waals surface area contributed by atoms with Crippen molar-refractivity contribution in [2.24, 2.45) is 0 Å². The zero-order valence-electron chi connectivity index (χ0n) is 13.7. The van der Waals surface area contributed by atoms with Gasteiger partial charge in [-0.3, -0.25) is 15.0 Å².